The minimum absolute atomic E-state index is 0.319. The number of para-hydroxylation sites is 1. The Labute approximate surface area is 138 Å². The summed E-state index contributed by atoms with van der Waals surface area (Å²) in [5.74, 6) is 0.731. The maximum Gasteiger partial charge on any atom is 0.253 e. The second-order valence-electron chi connectivity index (χ2n) is 5.28. The summed E-state index contributed by atoms with van der Waals surface area (Å²) < 4.78 is 5.28. The Kier molecular flexibility index (Phi) is 4.56. The van der Waals surface area contributed by atoms with Gasteiger partial charge in [-0.05, 0) is 23.8 Å². The monoisotopic (exact) mass is 323 g/mol. The van der Waals surface area contributed by atoms with Gasteiger partial charge in [0.05, 0.1) is 7.11 Å². The van der Waals surface area contributed by atoms with Crippen LogP contribution in [-0.4, -0.2) is 12.1 Å². The van der Waals surface area contributed by atoms with Gasteiger partial charge in [0.25, 0.3) is 10.9 Å². The number of aromatic nitrogens is 1. The largest absolute Gasteiger partial charge is 0.496 e. The first-order valence-corrected chi connectivity index (χ1v) is 7.52. The predicted octanol–water partition coefficient (Wildman–Crippen LogP) is 1.91. The molecule has 0 aliphatic carbocycles. The number of pyridine rings is 1. The molecule has 0 saturated heterocycles. The van der Waals surface area contributed by atoms with E-state index in [1.807, 2.05) is 36.4 Å². The molecule has 0 aliphatic heterocycles. The van der Waals surface area contributed by atoms with Crippen LogP contribution in [0.5, 0.6) is 5.75 Å². The van der Waals surface area contributed by atoms with Crippen molar-refractivity contribution < 1.29 is 4.74 Å². The van der Waals surface area contributed by atoms with Crippen molar-refractivity contribution >= 4 is 11.4 Å². The van der Waals surface area contributed by atoms with E-state index in [1.54, 1.807) is 19.5 Å². The standard InChI is InChI=1S/C18H17N3O3/c1-24-14-5-3-2-4-13(14)11-21-16-15(17(22)18(16)23)20-10-12-6-8-19-9-7-12/h2-9,20-21H,10-11H2,1H3. The van der Waals surface area contributed by atoms with E-state index in [2.05, 4.69) is 15.6 Å². The summed E-state index contributed by atoms with van der Waals surface area (Å²) in [7, 11) is 1.60. The van der Waals surface area contributed by atoms with E-state index in [-0.39, 0.29) is 0 Å². The molecule has 6 nitrogen and oxygen atoms in total. The molecule has 0 spiro atoms. The number of methoxy groups -OCH3 is 1. The third-order valence-electron chi connectivity index (χ3n) is 3.78. The van der Waals surface area contributed by atoms with Gasteiger partial charge in [-0.3, -0.25) is 14.6 Å². The topological polar surface area (TPSA) is 80.3 Å². The lowest BCUT2D eigenvalue weighted by Crippen LogP contribution is -2.37. The average Bonchev–Trinajstić information content (AvgIpc) is 2.64. The lowest BCUT2D eigenvalue weighted by atomic mass is 10.1. The molecule has 0 fully saturated rings. The molecule has 6 heteroatoms. The Morgan fingerprint density at radius 3 is 2.21 bits per heavy atom. The Morgan fingerprint density at radius 2 is 1.54 bits per heavy atom. The molecule has 0 atom stereocenters. The first kappa shape index (κ1) is 15.7. The van der Waals surface area contributed by atoms with E-state index in [9.17, 15) is 9.59 Å². The highest BCUT2D eigenvalue weighted by molar-refractivity contribution is 5.74. The van der Waals surface area contributed by atoms with Crippen molar-refractivity contribution in [3.8, 4) is 5.75 Å². The highest BCUT2D eigenvalue weighted by Crippen LogP contribution is 2.21. The number of nitrogens with one attached hydrogen (secondary N) is 2. The molecular weight excluding hydrogens is 306 g/mol. The van der Waals surface area contributed by atoms with E-state index in [0.29, 0.717) is 24.5 Å². The summed E-state index contributed by atoms with van der Waals surface area (Å²) in [6.45, 7) is 0.857. The summed E-state index contributed by atoms with van der Waals surface area (Å²) in [6.07, 6.45) is 3.36. The zero-order chi connectivity index (χ0) is 16.9. The molecule has 122 valence electrons. The Balaban J connectivity index is 1.70. The van der Waals surface area contributed by atoms with Gasteiger partial charge in [0.1, 0.15) is 17.1 Å². The van der Waals surface area contributed by atoms with Crippen LogP contribution in [0.25, 0.3) is 0 Å². The summed E-state index contributed by atoms with van der Waals surface area (Å²) in [4.78, 5) is 27.5. The van der Waals surface area contributed by atoms with Crippen molar-refractivity contribution in [3.63, 3.8) is 0 Å². The molecule has 0 unspecified atom stereocenters. The van der Waals surface area contributed by atoms with Crippen molar-refractivity contribution in [3.05, 3.63) is 80.4 Å². The molecule has 0 amide bonds. The van der Waals surface area contributed by atoms with Crippen molar-refractivity contribution in [1.29, 1.82) is 0 Å². The van der Waals surface area contributed by atoms with Crippen molar-refractivity contribution in [2.45, 2.75) is 13.1 Å². The molecule has 24 heavy (non-hydrogen) atoms. The molecule has 3 rings (SSSR count). The van der Waals surface area contributed by atoms with Gasteiger partial charge < -0.3 is 15.4 Å². The van der Waals surface area contributed by atoms with E-state index in [1.165, 1.54) is 0 Å². The van der Waals surface area contributed by atoms with E-state index >= 15 is 0 Å². The molecule has 1 heterocycles. The van der Waals surface area contributed by atoms with Crippen LogP contribution >= 0.6 is 0 Å². The van der Waals surface area contributed by atoms with Gasteiger partial charge in [0.15, 0.2) is 0 Å². The average molecular weight is 323 g/mol. The lowest BCUT2D eigenvalue weighted by Gasteiger charge is -2.16. The molecule has 0 aliphatic rings. The molecule has 0 bridgehead atoms. The van der Waals surface area contributed by atoms with Gasteiger partial charge in [-0.1, -0.05) is 18.2 Å². The third kappa shape index (κ3) is 3.12. The summed E-state index contributed by atoms with van der Waals surface area (Å²) in [5.41, 5.74) is 1.54. The molecule has 2 aromatic carbocycles. The van der Waals surface area contributed by atoms with Gasteiger partial charge in [-0.15, -0.1) is 0 Å². The SMILES string of the molecule is COc1ccccc1CNc1c(NCc2ccncc2)c(=O)c1=O. The van der Waals surface area contributed by atoms with Crippen LogP contribution in [0, 0.1) is 0 Å². The minimum Gasteiger partial charge on any atom is -0.496 e. The molecular formula is C18H17N3O3. The summed E-state index contributed by atoms with van der Waals surface area (Å²) in [6, 6.07) is 11.2. The molecule has 0 saturated carbocycles. The Hall–Kier alpha value is -3.15. The summed E-state index contributed by atoms with van der Waals surface area (Å²) in [5, 5.41) is 6.05. The van der Waals surface area contributed by atoms with Crippen LogP contribution in [0.4, 0.5) is 11.4 Å². The maximum atomic E-state index is 11.8. The number of nitrogens with zero attached hydrogens (tertiary/aromatic N) is 1. The fraction of sp³-hybridized carbons (Fsp3) is 0.167. The van der Waals surface area contributed by atoms with Crippen LogP contribution in [0.15, 0.2) is 58.4 Å². The first-order valence-electron chi connectivity index (χ1n) is 7.52. The van der Waals surface area contributed by atoms with Gasteiger partial charge in [0.2, 0.25) is 0 Å². The zero-order valence-corrected chi connectivity index (χ0v) is 13.2. The maximum absolute atomic E-state index is 11.8. The quantitative estimate of drug-likeness (QED) is 0.647. The summed E-state index contributed by atoms with van der Waals surface area (Å²) >= 11 is 0. The Morgan fingerprint density at radius 1 is 0.917 bits per heavy atom. The second kappa shape index (κ2) is 6.95. The van der Waals surface area contributed by atoms with Gasteiger partial charge >= 0.3 is 0 Å². The highest BCUT2D eigenvalue weighted by atomic mass is 16.5. The number of benzene rings is 1. The van der Waals surface area contributed by atoms with Crippen LogP contribution in [-0.2, 0) is 13.1 Å². The highest BCUT2D eigenvalue weighted by Gasteiger charge is 2.20. The minimum atomic E-state index is -0.498. The smallest absolute Gasteiger partial charge is 0.253 e. The van der Waals surface area contributed by atoms with Gasteiger partial charge in [0, 0.05) is 31.0 Å². The molecule has 0 radical (unpaired) electrons. The van der Waals surface area contributed by atoms with E-state index in [0.717, 1.165) is 16.9 Å². The number of hydrogen-bond acceptors (Lipinski definition) is 6. The van der Waals surface area contributed by atoms with Crippen LogP contribution in [0.3, 0.4) is 0 Å². The molecule has 3 aromatic rings. The number of hydrogen-bond donors (Lipinski definition) is 2. The van der Waals surface area contributed by atoms with Crippen molar-refractivity contribution in [2.24, 2.45) is 0 Å². The second-order valence-corrected chi connectivity index (χ2v) is 5.28. The normalized spacial score (nSPS) is 10.5. The van der Waals surface area contributed by atoms with E-state index < -0.39 is 10.9 Å². The van der Waals surface area contributed by atoms with Crippen LogP contribution in [0.1, 0.15) is 11.1 Å². The predicted molar refractivity (Wildman–Crippen MR) is 93.2 cm³/mol. The fourth-order valence-electron chi connectivity index (χ4n) is 2.45. The van der Waals surface area contributed by atoms with E-state index in [4.69, 9.17) is 4.74 Å². The van der Waals surface area contributed by atoms with Crippen LogP contribution < -0.4 is 26.2 Å². The number of ether oxygens (including phenoxy) is 1. The number of anilines is 2. The van der Waals surface area contributed by atoms with Crippen molar-refractivity contribution in [1.82, 2.24) is 4.98 Å². The van der Waals surface area contributed by atoms with Gasteiger partial charge in [-0.25, -0.2) is 0 Å². The fourth-order valence-corrected chi connectivity index (χ4v) is 2.45. The Bertz CT molecular complexity index is 899. The lowest BCUT2D eigenvalue weighted by molar-refractivity contribution is 0.410. The number of rotatable bonds is 7. The first-order chi connectivity index (χ1) is 11.7. The third-order valence-corrected chi connectivity index (χ3v) is 3.78. The van der Waals surface area contributed by atoms with Crippen molar-refractivity contribution in [2.75, 3.05) is 17.7 Å². The molecule has 1 aromatic heterocycles. The zero-order valence-electron chi connectivity index (χ0n) is 13.2. The van der Waals surface area contributed by atoms with Crippen LogP contribution in [0.2, 0.25) is 0 Å². The van der Waals surface area contributed by atoms with Gasteiger partial charge in [-0.2, -0.15) is 0 Å². The molecule has 2 N–H and O–H groups in total.